The van der Waals surface area contributed by atoms with E-state index in [-0.39, 0.29) is 0 Å². The Hall–Kier alpha value is -7.94. The maximum atomic E-state index is 6.38. The summed E-state index contributed by atoms with van der Waals surface area (Å²) in [5.41, 5.74) is 16.9. The van der Waals surface area contributed by atoms with Crippen molar-refractivity contribution < 1.29 is 4.42 Å². The van der Waals surface area contributed by atoms with E-state index in [1.54, 1.807) is 0 Å². The Morgan fingerprint density at radius 1 is 0.267 bits per heavy atom. The third-order valence-electron chi connectivity index (χ3n) is 11.7. The summed E-state index contributed by atoms with van der Waals surface area (Å²) in [6.07, 6.45) is 0. The molecule has 0 radical (unpaired) electrons. The maximum Gasteiger partial charge on any atom is 0.136 e. The Bertz CT molecular complexity index is 3280. The summed E-state index contributed by atoms with van der Waals surface area (Å²) in [6.45, 7) is 0. The van der Waals surface area contributed by atoms with Crippen LogP contribution in [0.15, 0.2) is 241 Å². The highest BCUT2D eigenvalue weighted by atomic mass is 16.3. The molecule has 0 spiro atoms. The number of benzene rings is 10. The number of anilines is 3. The number of fused-ring (bicyclic) bond motifs is 4. The van der Waals surface area contributed by atoms with Crippen molar-refractivity contribution in [1.82, 2.24) is 0 Å². The van der Waals surface area contributed by atoms with Gasteiger partial charge >= 0.3 is 0 Å². The van der Waals surface area contributed by atoms with Crippen molar-refractivity contribution >= 4 is 49.8 Å². The standard InChI is InChI=1S/C58H39NO/c1-2-14-40(15-3-1)41-28-30-42(31-29-41)43-32-36-46(37-33-43)59(55-25-10-8-21-52(55)53-24-13-27-57-58(53)54-22-9-11-26-56(54)60-57)47-38-34-45(35-39-47)49-19-6-7-20-50(49)51-23-12-17-44-16-4-5-18-48(44)51/h1-39H. The molecular formula is C58H39NO. The van der Waals surface area contributed by atoms with Gasteiger partial charge in [0.1, 0.15) is 11.2 Å². The summed E-state index contributed by atoms with van der Waals surface area (Å²) >= 11 is 0. The minimum atomic E-state index is 0.881. The molecule has 0 unspecified atom stereocenters. The zero-order chi connectivity index (χ0) is 39.8. The molecule has 0 aliphatic carbocycles. The molecule has 11 rings (SSSR count). The minimum Gasteiger partial charge on any atom is -0.456 e. The first-order chi connectivity index (χ1) is 29.8. The molecule has 11 aromatic rings. The second-order valence-electron chi connectivity index (χ2n) is 15.2. The van der Waals surface area contributed by atoms with E-state index in [4.69, 9.17) is 4.42 Å². The molecular weight excluding hydrogens is 727 g/mol. The number of hydrogen-bond acceptors (Lipinski definition) is 2. The Kier molecular flexibility index (Phi) is 8.87. The van der Waals surface area contributed by atoms with Crippen LogP contribution >= 0.6 is 0 Å². The van der Waals surface area contributed by atoms with Crippen LogP contribution in [-0.2, 0) is 0 Å². The van der Waals surface area contributed by atoms with E-state index in [2.05, 4.69) is 229 Å². The molecule has 282 valence electrons. The average Bonchev–Trinajstić information content (AvgIpc) is 3.72. The van der Waals surface area contributed by atoms with Crippen molar-refractivity contribution in [2.45, 2.75) is 0 Å². The molecule has 0 bridgehead atoms. The van der Waals surface area contributed by atoms with Gasteiger partial charge in [-0.1, -0.05) is 194 Å². The fourth-order valence-corrected chi connectivity index (χ4v) is 8.83. The first-order valence-corrected chi connectivity index (χ1v) is 20.5. The van der Waals surface area contributed by atoms with Gasteiger partial charge in [-0.3, -0.25) is 0 Å². The smallest absolute Gasteiger partial charge is 0.136 e. The van der Waals surface area contributed by atoms with Gasteiger partial charge in [-0.15, -0.1) is 0 Å². The molecule has 0 N–H and O–H groups in total. The van der Waals surface area contributed by atoms with Crippen LogP contribution in [0.2, 0.25) is 0 Å². The molecule has 1 aromatic heterocycles. The first-order valence-electron chi connectivity index (χ1n) is 20.5. The summed E-state index contributed by atoms with van der Waals surface area (Å²) in [5, 5.41) is 4.73. The van der Waals surface area contributed by atoms with E-state index in [9.17, 15) is 0 Å². The molecule has 0 aliphatic heterocycles. The quantitative estimate of drug-likeness (QED) is 0.153. The van der Waals surface area contributed by atoms with Crippen molar-refractivity contribution in [1.29, 1.82) is 0 Å². The van der Waals surface area contributed by atoms with Gasteiger partial charge in [0.2, 0.25) is 0 Å². The van der Waals surface area contributed by atoms with Crippen LogP contribution < -0.4 is 4.90 Å². The zero-order valence-electron chi connectivity index (χ0n) is 32.9. The summed E-state index contributed by atoms with van der Waals surface area (Å²) in [4.78, 5) is 2.39. The van der Waals surface area contributed by atoms with Gasteiger partial charge in [-0.25, -0.2) is 0 Å². The van der Waals surface area contributed by atoms with Crippen molar-refractivity contribution in [2.24, 2.45) is 0 Å². The monoisotopic (exact) mass is 765 g/mol. The largest absolute Gasteiger partial charge is 0.456 e. The lowest BCUT2D eigenvalue weighted by molar-refractivity contribution is 0.669. The SMILES string of the molecule is c1ccc(-c2ccc(-c3ccc(N(c4ccc(-c5ccccc5-c5cccc6ccccc56)cc4)c4ccccc4-c4cccc5oc6ccccc6c45)cc3)cc2)cc1. The van der Waals surface area contributed by atoms with E-state index in [1.165, 1.54) is 55.3 Å². The van der Waals surface area contributed by atoms with E-state index < -0.39 is 0 Å². The molecule has 0 amide bonds. The molecule has 10 aromatic carbocycles. The fourth-order valence-electron chi connectivity index (χ4n) is 8.83. The number of rotatable bonds is 8. The summed E-state index contributed by atoms with van der Waals surface area (Å²) in [7, 11) is 0. The van der Waals surface area contributed by atoms with Gasteiger partial charge in [0, 0.05) is 27.7 Å². The molecule has 0 saturated heterocycles. The first kappa shape index (κ1) is 35.2. The highest BCUT2D eigenvalue weighted by molar-refractivity contribution is 6.14. The summed E-state index contributed by atoms with van der Waals surface area (Å²) in [6, 6.07) is 84.8. The van der Waals surface area contributed by atoms with Crippen LogP contribution in [0.3, 0.4) is 0 Å². The molecule has 1 heterocycles. The highest BCUT2D eigenvalue weighted by Gasteiger charge is 2.21. The van der Waals surface area contributed by atoms with Crippen LogP contribution in [0, 0.1) is 0 Å². The second kappa shape index (κ2) is 15.1. The Balaban J connectivity index is 1.03. The molecule has 0 saturated carbocycles. The van der Waals surface area contributed by atoms with Gasteiger partial charge in [0.15, 0.2) is 0 Å². The summed E-state index contributed by atoms with van der Waals surface area (Å²) < 4.78 is 6.38. The van der Waals surface area contributed by atoms with Crippen molar-refractivity contribution in [3.63, 3.8) is 0 Å². The van der Waals surface area contributed by atoms with Crippen molar-refractivity contribution in [3.05, 3.63) is 237 Å². The lowest BCUT2D eigenvalue weighted by Crippen LogP contribution is -2.11. The van der Waals surface area contributed by atoms with Gasteiger partial charge in [0.25, 0.3) is 0 Å². The number of nitrogens with zero attached hydrogens (tertiary/aromatic N) is 1. The van der Waals surface area contributed by atoms with Gasteiger partial charge in [-0.2, -0.15) is 0 Å². The highest BCUT2D eigenvalue weighted by Crippen LogP contribution is 2.46. The fraction of sp³-hybridized carbons (Fsp3) is 0. The van der Waals surface area contributed by atoms with Gasteiger partial charge in [0.05, 0.1) is 5.69 Å². The number of hydrogen-bond donors (Lipinski definition) is 0. The van der Waals surface area contributed by atoms with Gasteiger partial charge in [-0.05, 0) is 103 Å². The number of para-hydroxylation sites is 2. The Labute approximate surface area is 349 Å². The predicted octanol–water partition coefficient (Wildman–Crippen LogP) is 16.5. The Morgan fingerprint density at radius 3 is 1.47 bits per heavy atom. The minimum absolute atomic E-state index is 0.881. The third kappa shape index (κ3) is 6.32. The molecule has 2 heteroatoms. The molecule has 2 nitrogen and oxygen atoms in total. The van der Waals surface area contributed by atoms with Crippen molar-refractivity contribution in [2.75, 3.05) is 4.90 Å². The topological polar surface area (TPSA) is 16.4 Å². The van der Waals surface area contributed by atoms with E-state index >= 15 is 0 Å². The molecule has 0 atom stereocenters. The average molecular weight is 766 g/mol. The molecule has 0 fully saturated rings. The normalized spacial score (nSPS) is 11.3. The van der Waals surface area contributed by atoms with Crippen LogP contribution in [-0.4, -0.2) is 0 Å². The predicted molar refractivity (Wildman–Crippen MR) is 253 cm³/mol. The zero-order valence-corrected chi connectivity index (χ0v) is 32.9. The maximum absolute atomic E-state index is 6.38. The lowest BCUT2D eigenvalue weighted by Gasteiger charge is -2.28. The van der Waals surface area contributed by atoms with E-state index in [1.807, 2.05) is 12.1 Å². The van der Waals surface area contributed by atoms with E-state index in [0.29, 0.717) is 0 Å². The number of furan rings is 1. The third-order valence-corrected chi connectivity index (χ3v) is 11.7. The van der Waals surface area contributed by atoms with Crippen LogP contribution in [0.25, 0.3) is 88.3 Å². The lowest BCUT2D eigenvalue weighted by atomic mass is 9.91. The molecule has 0 aliphatic rings. The Morgan fingerprint density at radius 2 is 0.733 bits per heavy atom. The second-order valence-corrected chi connectivity index (χ2v) is 15.2. The van der Waals surface area contributed by atoms with Gasteiger partial charge < -0.3 is 9.32 Å². The molecule has 60 heavy (non-hydrogen) atoms. The van der Waals surface area contributed by atoms with Crippen LogP contribution in [0.4, 0.5) is 17.1 Å². The van der Waals surface area contributed by atoms with Crippen LogP contribution in [0.1, 0.15) is 0 Å². The van der Waals surface area contributed by atoms with Crippen LogP contribution in [0.5, 0.6) is 0 Å². The van der Waals surface area contributed by atoms with Crippen molar-refractivity contribution in [3.8, 4) is 55.6 Å². The van der Waals surface area contributed by atoms with E-state index in [0.717, 1.165) is 50.1 Å². The summed E-state index contributed by atoms with van der Waals surface area (Å²) in [5.74, 6) is 0.